The molecule has 1 amide bonds. The summed E-state index contributed by atoms with van der Waals surface area (Å²) in [5.74, 6) is 0.878. The summed E-state index contributed by atoms with van der Waals surface area (Å²) in [5, 5.41) is 3.85. The van der Waals surface area contributed by atoms with Crippen LogP contribution in [0, 0.1) is 5.92 Å². The van der Waals surface area contributed by atoms with E-state index >= 15 is 0 Å². The number of rotatable bonds is 7. The van der Waals surface area contributed by atoms with Crippen LogP contribution in [0.3, 0.4) is 0 Å². The first-order valence-electron chi connectivity index (χ1n) is 9.40. The highest BCUT2D eigenvalue weighted by molar-refractivity contribution is 6.07. The molecular weight excluding hydrogens is 370 g/mol. The number of carbonyl (C=O) groups is 1. The maximum absolute atomic E-state index is 13.0. The van der Waals surface area contributed by atoms with Gasteiger partial charge in [-0.3, -0.25) is 14.6 Å². The van der Waals surface area contributed by atoms with Crippen molar-refractivity contribution in [2.45, 2.75) is 26.9 Å². The smallest absolute Gasteiger partial charge is 0.258 e. The fourth-order valence-corrected chi connectivity index (χ4v) is 3.21. The molecule has 0 aliphatic carbocycles. The van der Waals surface area contributed by atoms with Crippen LogP contribution < -0.4 is 20.3 Å². The van der Waals surface area contributed by atoms with Crippen LogP contribution in [0.5, 0.6) is 11.5 Å². The van der Waals surface area contributed by atoms with Crippen molar-refractivity contribution < 1.29 is 14.3 Å². The maximum atomic E-state index is 13.0. The molecule has 3 rings (SSSR count). The molecule has 1 aromatic carbocycles. The van der Waals surface area contributed by atoms with Crippen molar-refractivity contribution in [3.8, 4) is 11.5 Å². The second kappa shape index (κ2) is 8.77. The Labute approximate surface area is 169 Å². The van der Waals surface area contributed by atoms with Crippen LogP contribution in [-0.2, 0) is 13.1 Å². The van der Waals surface area contributed by atoms with Gasteiger partial charge in [-0.05, 0) is 29.7 Å². The maximum Gasteiger partial charge on any atom is 0.258 e. The van der Waals surface area contributed by atoms with Crippen LogP contribution in [0.25, 0.3) is 10.8 Å². The van der Waals surface area contributed by atoms with Gasteiger partial charge in [-0.2, -0.15) is 0 Å². The number of hydrogen-bond acceptors (Lipinski definition) is 5. The zero-order valence-electron chi connectivity index (χ0n) is 17.1. The molecule has 3 aromatic rings. The minimum Gasteiger partial charge on any atom is -0.493 e. The SMILES string of the molecule is COc1cc2c(C(=O)NCc3cccnc3)cn(CC(C)C)c(=O)c2cc1OC. The average Bonchev–Trinajstić information content (AvgIpc) is 2.73. The van der Waals surface area contributed by atoms with E-state index in [1.54, 1.807) is 35.3 Å². The van der Waals surface area contributed by atoms with Crippen LogP contribution >= 0.6 is 0 Å². The molecule has 0 radical (unpaired) electrons. The Bertz CT molecular complexity index is 1070. The molecule has 0 saturated heterocycles. The predicted octanol–water partition coefficient (Wildman–Crippen LogP) is 3.00. The number of carbonyl (C=O) groups excluding carboxylic acids is 1. The van der Waals surface area contributed by atoms with E-state index in [0.717, 1.165) is 5.56 Å². The normalized spacial score (nSPS) is 10.9. The molecule has 152 valence electrons. The van der Waals surface area contributed by atoms with Crippen LogP contribution in [0.4, 0.5) is 0 Å². The van der Waals surface area contributed by atoms with Gasteiger partial charge in [-0.1, -0.05) is 19.9 Å². The third-order valence-electron chi connectivity index (χ3n) is 4.57. The van der Waals surface area contributed by atoms with E-state index < -0.39 is 0 Å². The lowest BCUT2D eigenvalue weighted by Crippen LogP contribution is -2.28. The molecular formula is C22H25N3O4. The number of amides is 1. The van der Waals surface area contributed by atoms with Crippen molar-refractivity contribution in [1.82, 2.24) is 14.9 Å². The largest absolute Gasteiger partial charge is 0.493 e. The Balaban J connectivity index is 2.11. The topological polar surface area (TPSA) is 82.5 Å². The van der Waals surface area contributed by atoms with Crippen LogP contribution in [-0.4, -0.2) is 29.7 Å². The lowest BCUT2D eigenvalue weighted by atomic mass is 10.0. The van der Waals surface area contributed by atoms with E-state index in [1.165, 1.54) is 14.2 Å². The molecule has 1 N–H and O–H groups in total. The van der Waals surface area contributed by atoms with Crippen LogP contribution in [0.2, 0.25) is 0 Å². The van der Waals surface area contributed by atoms with Gasteiger partial charge in [0.2, 0.25) is 0 Å². The first kappa shape index (κ1) is 20.4. The van der Waals surface area contributed by atoms with E-state index in [-0.39, 0.29) is 17.4 Å². The molecule has 0 unspecified atom stereocenters. The number of fused-ring (bicyclic) bond motifs is 1. The first-order valence-corrected chi connectivity index (χ1v) is 9.40. The number of ether oxygens (including phenoxy) is 2. The van der Waals surface area contributed by atoms with E-state index in [1.807, 2.05) is 26.0 Å². The zero-order chi connectivity index (χ0) is 21.0. The van der Waals surface area contributed by atoms with Crippen LogP contribution in [0.15, 0.2) is 47.7 Å². The number of aromatic nitrogens is 2. The van der Waals surface area contributed by atoms with Gasteiger partial charge >= 0.3 is 0 Å². The summed E-state index contributed by atoms with van der Waals surface area (Å²) in [6.07, 6.45) is 5.00. The predicted molar refractivity (Wildman–Crippen MR) is 112 cm³/mol. The molecule has 0 aliphatic heterocycles. The number of nitrogens with one attached hydrogen (secondary N) is 1. The highest BCUT2D eigenvalue weighted by Gasteiger charge is 2.18. The summed E-state index contributed by atoms with van der Waals surface area (Å²) < 4.78 is 12.3. The molecule has 7 heteroatoms. The fourth-order valence-electron chi connectivity index (χ4n) is 3.21. The summed E-state index contributed by atoms with van der Waals surface area (Å²) in [6, 6.07) is 7.01. The monoisotopic (exact) mass is 395 g/mol. The lowest BCUT2D eigenvalue weighted by molar-refractivity contribution is 0.0951. The average molecular weight is 395 g/mol. The summed E-state index contributed by atoms with van der Waals surface area (Å²) in [7, 11) is 3.03. The minimum atomic E-state index is -0.274. The van der Waals surface area contributed by atoms with Gasteiger partial charge in [0.25, 0.3) is 11.5 Å². The van der Waals surface area contributed by atoms with Gasteiger partial charge in [-0.15, -0.1) is 0 Å². The molecule has 0 aliphatic rings. The number of hydrogen-bond donors (Lipinski definition) is 1. The number of pyridine rings is 2. The summed E-state index contributed by atoms with van der Waals surface area (Å²) in [5.41, 5.74) is 1.13. The van der Waals surface area contributed by atoms with Crippen molar-refractivity contribution in [3.63, 3.8) is 0 Å². The van der Waals surface area contributed by atoms with Crippen molar-refractivity contribution >= 4 is 16.7 Å². The van der Waals surface area contributed by atoms with Gasteiger partial charge in [0.15, 0.2) is 11.5 Å². The summed E-state index contributed by atoms with van der Waals surface area (Å²) in [6.45, 7) is 4.89. The van der Waals surface area contributed by atoms with Crippen LogP contribution in [0.1, 0.15) is 29.8 Å². The number of methoxy groups -OCH3 is 2. The molecule has 2 aromatic heterocycles. The Kier molecular flexibility index (Phi) is 6.16. The Hall–Kier alpha value is -3.35. The van der Waals surface area contributed by atoms with E-state index in [4.69, 9.17) is 9.47 Å². The molecule has 29 heavy (non-hydrogen) atoms. The third kappa shape index (κ3) is 4.39. The standard InChI is InChI=1S/C22H25N3O4/c1-14(2)12-25-13-18(21(26)24-11-15-6-5-7-23-10-15)16-8-19(28-3)20(29-4)9-17(16)22(25)27/h5-10,13-14H,11-12H2,1-4H3,(H,24,26). The third-order valence-corrected chi connectivity index (χ3v) is 4.57. The molecule has 0 fully saturated rings. The van der Waals surface area contributed by atoms with E-state index in [0.29, 0.717) is 40.9 Å². The van der Waals surface area contributed by atoms with Gasteiger partial charge in [0, 0.05) is 37.1 Å². The number of nitrogens with zero attached hydrogens (tertiary/aromatic N) is 2. The quantitative estimate of drug-likeness (QED) is 0.665. The first-order chi connectivity index (χ1) is 13.9. The molecule has 0 spiro atoms. The Morgan fingerprint density at radius 2 is 1.86 bits per heavy atom. The zero-order valence-corrected chi connectivity index (χ0v) is 17.1. The fraction of sp³-hybridized carbons (Fsp3) is 0.318. The second-order valence-electron chi connectivity index (χ2n) is 7.19. The summed E-state index contributed by atoms with van der Waals surface area (Å²) >= 11 is 0. The Morgan fingerprint density at radius 3 is 2.45 bits per heavy atom. The van der Waals surface area contributed by atoms with Gasteiger partial charge < -0.3 is 19.4 Å². The molecule has 7 nitrogen and oxygen atoms in total. The van der Waals surface area contributed by atoms with Gasteiger partial charge in [0.05, 0.1) is 25.2 Å². The van der Waals surface area contributed by atoms with E-state index in [9.17, 15) is 9.59 Å². The highest BCUT2D eigenvalue weighted by atomic mass is 16.5. The lowest BCUT2D eigenvalue weighted by Gasteiger charge is -2.16. The van der Waals surface area contributed by atoms with E-state index in [2.05, 4.69) is 10.3 Å². The van der Waals surface area contributed by atoms with Gasteiger partial charge in [0.1, 0.15) is 0 Å². The minimum absolute atomic E-state index is 0.168. The molecule has 0 saturated carbocycles. The highest BCUT2D eigenvalue weighted by Crippen LogP contribution is 2.32. The Morgan fingerprint density at radius 1 is 1.17 bits per heavy atom. The summed E-state index contributed by atoms with van der Waals surface area (Å²) in [4.78, 5) is 30.1. The number of benzene rings is 1. The molecule has 0 atom stereocenters. The molecule has 2 heterocycles. The molecule has 0 bridgehead atoms. The second-order valence-corrected chi connectivity index (χ2v) is 7.19. The van der Waals surface area contributed by atoms with Gasteiger partial charge in [-0.25, -0.2) is 0 Å². The van der Waals surface area contributed by atoms with Crippen molar-refractivity contribution in [1.29, 1.82) is 0 Å². The van der Waals surface area contributed by atoms with Crippen molar-refractivity contribution in [2.24, 2.45) is 5.92 Å². The van der Waals surface area contributed by atoms with Crippen molar-refractivity contribution in [3.05, 3.63) is 64.3 Å². The van der Waals surface area contributed by atoms with Crippen molar-refractivity contribution in [2.75, 3.05) is 14.2 Å².